The number of ether oxygens (including phenoxy) is 1. The second kappa shape index (κ2) is 9.21. The number of benzene rings is 2. The molecule has 34 heavy (non-hydrogen) atoms. The van der Waals surface area contributed by atoms with Gasteiger partial charge < -0.3 is 20.4 Å². The highest BCUT2D eigenvalue weighted by Crippen LogP contribution is 2.34. The minimum Gasteiger partial charge on any atom is -0.497 e. The number of para-hydroxylation sites is 1. The lowest BCUT2D eigenvalue weighted by molar-refractivity contribution is -0.131. The van der Waals surface area contributed by atoms with Crippen molar-refractivity contribution in [2.75, 3.05) is 13.7 Å². The van der Waals surface area contributed by atoms with Crippen molar-refractivity contribution in [1.29, 1.82) is 0 Å². The lowest BCUT2D eigenvalue weighted by Gasteiger charge is -2.24. The first-order chi connectivity index (χ1) is 16.5. The molecule has 4 amide bonds. The second-order valence-corrected chi connectivity index (χ2v) is 8.87. The molecule has 0 spiro atoms. The van der Waals surface area contributed by atoms with E-state index in [1.807, 2.05) is 42.5 Å². The summed E-state index contributed by atoms with van der Waals surface area (Å²) in [4.78, 5) is 42.7. The second-order valence-electron chi connectivity index (χ2n) is 8.87. The number of rotatable bonds is 7. The first-order valence-corrected chi connectivity index (χ1v) is 11.7. The minimum absolute atomic E-state index is 0.0737. The summed E-state index contributed by atoms with van der Waals surface area (Å²) in [7, 11) is 1.60. The number of nitrogens with one attached hydrogen (secondary N) is 3. The molecule has 2 atom stereocenters. The van der Waals surface area contributed by atoms with E-state index >= 15 is 0 Å². The van der Waals surface area contributed by atoms with E-state index in [0.29, 0.717) is 6.42 Å². The number of amides is 4. The number of fused-ring (bicyclic) bond motifs is 3. The number of nitrogens with zero attached hydrogens (tertiary/aromatic N) is 1. The Morgan fingerprint density at radius 3 is 2.74 bits per heavy atom. The molecule has 5 rings (SSSR count). The topological polar surface area (TPSA) is 104 Å². The predicted octanol–water partition coefficient (Wildman–Crippen LogP) is 3.22. The maximum atomic E-state index is 12.8. The number of aromatic nitrogens is 1. The van der Waals surface area contributed by atoms with Crippen LogP contribution in [0.15, 0.2) is 48.5 Å². The van der Waals surface area contributed by atoms with Crippen molar-refractivity contribution in [3.63, 3.8) is 0 Å². The third-order valence-electron chi connectivity index (χ3n) is 6.73. The molecule has 0 radical (unpaired) electrons. The number of aromatic amines is 1. The van der Waals surface area contributed by atoms with E-state index in [1.165, 1.54) is 15.8 Å². The fourth-order valence-corrected chi connectivity index (χ4v) is 4.96. The van der Waals surface area contributed by atoms with E-state index in [0.717, 1.165) is 41.8 Å². The molecular formula is C26H28N4O4. The van der Waals surface area contributed by atoms with Crippen LogP contribution in [0.25, 0.3) is 10.9 Å². The largest absolute Gasteiger partial charge is 0.497 e. The van der Waals surface area contributed by atoms with Gasteiger partial charge in [-0.25, -0.2) is 4.79 Å². The monoisotopic (exact) mass is 460 g/mol. The molecule has 1 aromatic heterocycles. The van der Waals surface area contributed by atoms with E-state index in [2.05, 4.69) is 21.7 Å². The number of aryl methyl sites for hydroxylation is 1. The number of imide groups is 1. The summed E-state index contributed by atoms with van der Waals surface area (Å²) in [5.41, 5.74) is 4.36. The normalized spacial score (nSPS) is 19.7. The third kappa shape index (κ3) is 4.23. The van der Waals surface area contributed by atoms with Crippen LogP contribution in [-0.2, 0) is 22.4 Å². The molecular weight excluding hydrogens is 432 g/mol. The van der Waals surface area contributed by atoms with Crippen LogP contribution < -0.4 is 15.4 Å². The van der Waals surface area contributed by atoms with Crippen LogP contribution in [0, 0.1) is 0 Å². The third-order valence-corrected chi connectivity index (χ3v) is 6.73. The first kappa shape index (κ1) is 22.0. The van der Waals surface area contributed by atoms with Gasteiger partial charge in [-0.05, 0) is 55.0 Å². The Morgan fingerprint density at radius 1 is 1.15 bits per heavy atom. The average molecular weight is 461 g/mol. The molecule has 1 fully saturated rings. The predicted molar refractivity (Wildman–Crippen MR) is 127 cm³/mol. The Balaban J connectivity index is 1.19. The molecule has 8 nitrogen and oxygen atoms in total. The van der Waals surface area contributed by atoms with Crippen LogP contribution in [0.2, 0.25) is 0 Å². The molecule has 176 valence electrons. The zero-order chi connectivity index (χ0) is 23.7. The Labute approximate surface area is 197 Å². The van der Waals surface area contributed by atoms with Gasteiger partial charge in [-0.1, -0.05) is 30.3 Å². The van der Waals surface area contributed by atoms with Crippen molar-refractivity contribution >= 4 is 28.7 Å². The van der Waals surface area contributed by atoms with Gasteiger partial charge in [0.2, 0.25) is 5.91 Å². The Bertz CT molecular complexity index is 1230. The smallest absolute Gasteiger partial charge is 0.324 e. The molecule has 1 aliphatic heterocycles. The van der Waals surface area contributed by atoms with Crippen LogP contribution in [0.5, 0.6) is 5.75 Å². The molecule has 8 heteroatoms. The Morgan fingerprint density at radius 2 is 1.94 bits per heavy atom. The number of hydrogen-bond donors (Lipinski definition) is 3. The number of hydrogen-bond acceptors (Lipinski definition) is 4. The molecule has 2 heterocycles. The molecule has 3 N–H and O–H groups in total. The first-order valence-electron chi connectivity index (χ1n) is 11.7. The number of H-pyrrole nitrogens is 1. The van der Waals surface area contributed by atoms with E-state index < -0.39 is 12.1 Å². The van der Waals surface area contributed by atoms with Gasteiger partial charge in [0.1, 0.15) is 11.8 Å². The SMILES string of the molecule is COc1ccc(CCN2C(=O)N[C@H](CC(=O)N[C@H]3CCCc4c3[nH]c3ccccc43)C2=O)cc1. The van der Waals surface area contributed by atoms with Crippen LogP contribution in [0.1, 0.15) is 42.1 Å². The molecule has 2 aliphatic rings. The summed E-state index contributed by atoms with van der Waals surface area (Å²) in [6, 6.07) is 14.2. The van der Waals surface area contributed by atoms with E-state index in [1.54, 1.807) is 7.11 Å². The van der Waals surface area contributed by atoms with Gasteiger partial charge in [0.15, 0.2) is 0 Å². The van der Waals surface area contributed by atoms with Gasteiger partial charge in [0, 0.05) is 23.1 Å². The number of carbonyl (C=O) groups excluding carboxylic acids is 3. The molecule has 0 unspecified atom stereocenters. The summed E-state index contributed by atoms with van der Waals surface area (Å²) in [6.07, 6.45) is 3.26. The van der Waals surface area contributed by atoms with Gasteiger partial charge in [-0.2, -0.15) is 0 Å². The number of urea groups is 1. The van der Waals surface area contributed by atoms with Gasteiger partial charge in [-0.15, -0.1) is 0 Å². The fraction of sp³-hybridized carbons (Fsp3) is 0.346. The highest BCUT2D eigenvalue weighted by molar-refractivity contribution is 6.05. The summed E-state index contributed by atoms with van der Waals surface area (Å²) in [5.74, 6) is 0.151. The van der Waals surface area contributed by atoms with Gasteiger partial charge in [0.25, 0.3) is 5.91 Å². The molecule has 3 aromatic rings. The van der Waals surface area contributed by atoms with Gasteiger partial charge >= 0.3 is 6.03 Å². The van der Waals surface area contributed by atoms with Crippen molar-refractivity contribution in [2.24, 2.45) is 0 Å². The quantitative estimate of drug-likeness (QED) is 0.471. The number of methoxy groups -OCH3 is 1. The van der Waals surface area contributed by atoms with Crippen LogP contribution >= 0.6 is 0 Å². The minimum atomic E-state index is -0.839. The highest BCUT2D eigenvalue weighted by Gasteiger charge is 2.39. The summed E-state index contributed by atoms with van der Waals surface area (Å²) in [5, 5.41) is 6.94. The lowest BCUT2D eigenvalue weighted by Crippen LogP contribution is -2.38. The molecule has 1 saturated heterocycles. The Kier molecular flexibility index (Phi) is 5.96. The summed E-state index contributed by atoms with van der Waals surface area (Å²) >= 11 is 0. The average Bonchev–Trinajstić information content (AvgIpc) is 3.35. The van der Waals surface area contributed by atoms with Gasteiger partial charge in [-0.3, -0.25) is 14.5 Å². The zero-order valence-electron chi connectivity index (χ0n) is 19.1. The van der Waals surface area contributed by atoms with Crippen molar-refractivity contribution in [3.8, 4) is 5.75 Å². The van der Waals surface area contributed by atoms with E-state index in [4.69, 9.17) is 4.74 Å². The maximum Gasteiger partial charge on any atom is 0.324 e. The highest BCUT2D eigenvalue weighted by atomic mass is 16.5. The molecule has 0 bridgehead atoms. The Hall–Kier alpha value is -3.81. The van der Waals surface area contributed by atoms with Crippen LogP contribution in [0.3, 0.4) is 0 Å². The van der Waals surface area contributed by atoms with E-state index in [9.17, 15) is 14.4 Å². The molecule has 2 aromatic carbocycles. The fourth-order valence-electron chi connectivity index (χ4n) is 4.96. The van der Waals surface area contributed by atoms with Crippen LogP contribution in [0.4, 0.5) is 4.79 Å². The van der Waals surface area contributed by atoms with E-state index in [-0.39, 0.29) is 30.8 Å². The van der Waals surface area contributed by atoms with Crippen molar-refractivity contribution < 1.29 is 19.1 Å². The standard InChI is InChI=1S/C26H28N4O4/c1-34-17-11-9-16(10-12-17)13-14-30-25(32)22(29-26(30)33)15-23(31)27-21-8-4-6-19-18-5-2-3-7-20(18)28-24(19)21/h2-3,5,7,9-12,21-22,28H,4,6,8,13-15H2,1H3,(H,27,31)(H,29,33)/t21-,22+/m0/s1. The molecule has 1 aliphatic carbocycles. The van der Waals surface area contributed by atoms with Crippen molar-refractivity contribution in [1.82, 2.24) is 20.5 Å². The molecule has 0 saturated carbocycles. The summed E-state index contributed by atoms with van der Waals surface area (Å²) in [6.45, 7) is 0.260. The lowest BCUT2D eigenvalue weighted by atomic mass is 9.91. The van der Waals surface area contributed by atoms with Crippen molar-refractivity contribution in [3.05, 3.63) is 65.4 Å². The summed E-state index contributed by atoms with van der Waals surface area (Å²) < 4.78 is 5.15. The zero-order valence-corrected chi connectivity index (χ0v) is 19.1. The van der Waals surface area contributed by atoms with Gasteiger partial charge in [0.05, 0.1) is 19.6 Å². The number of carbonyl (C=O) groups is 3. The van der Waals surface area contributed by atoms with Crippen LogP contribution in [-0.4, -0.2) is 47.4 Å². The maximum absolute atomic E-state index is 12.8. The van der Waals surface area contributed by atoms with Crippen molar-refractivity contribution in [2.45, 2.75) is 44.2 Å².